The molecule has 0 radical (unpaired) electrons. The lowest BCUT2D eigenvalue weighted by Crippen LogP contribution is -2.05. The summed E-state index contributed by atoms with van der Waals surface area (Å²) < 4.78 is 13.0. The molecule has 0 aromatic heterocycles. The molecule has 0 heterocycles. The van der Waals surface area contributed by atoms with Crippen LogP contribution in [0.15, 0.2) is 59.8 Å². The average molecular weight is 229 g/mol. The zero-order chi connectivity index (χ0) is 12.1. The molecule has 0 unspecified atom stereocenters. The van der Waals surface area contributed by atoms with Crippen LogP contribution in [0.1, 0.15) is 11.1 Å². The first-order chi connectivity index (χ1) is 8.29. The van der Waals surface area contributed by atoms with Gasteiger partial charge in [-0.25, -0.2) is 4.39 Å². The first-order valence-electron chi connectivity index (χ1n) is 5.30. The van der Waals surface area contributed by atoms with E-state index in [4.69, 9.17) is 5.21 Å². The van der Waals surface area contributed by atoms with E-state index in [1.165, 1.54) is 12.1 Å². The maximum atomic E-state index is 13.0. The van der Waals surface area contributed by atoms with Crippen molar-refractivity contribution in [3.05, 3.63) is 71.5 Å². The van der Waals surface area contributed by atoms with Crippen molar-refractivity contribution in [2.75, 3.05) is 0 Å². The van der Waals surface area contributed by atoms with Crippen LogP contribution < -0.4 is 0 Å². The van der Waals surface area contributed by atoms with Gasteiger partial charge in [0.15, 0.2) is 0 Å². The predicted molar refractivity (Wildman–Crippen MR) is 64.9 cm³/mol. The molecule has 2 nitrogen and oxygen atoms in total. The molecule has 0 fully saturated rings. The van der Waals surface area contributed by atoms with E-state index in [9.17, 15) is 4.39 Å². The molecule has 1 N–H and O–H groups in total. The van der Waals surface area contributed by atoms with E-state index in [1.54, 1.807) is 12.1 Å². The molecule has 0 atom stereocenters. The minimum atomic E-state index is -0.284. The van der Waals surface area contributed by atoms with Crippen molar-refractivity contribution in [3.63, 3.8) is 0 Å². The summed E-state index contributed by atoms with van der Waals surface area (Å²) in [6, 6.07) is 15.6. The molecule has 0 aliphatic heterocycles. The molecular formula is C14H12FNO. The second-order valence-corrected chi connectivity index (χ2v) is 3.72. The third-order valence-corrected chi connectivity index (χ3v) is 2.49. The largest absolute Gasteiger partial charge is 0.411 e. The zero-order valence-corrected chi connectivity index (χ0v) is 9.18. The Hall–Kier alpha value is -2.16. The van der Waals surface area contributed by atoms with Crippen LogP contribution in [-0.2, 0) is 6.42 Å². The Labute approximate surface area is 99.0 Å². The van der Waals surface area contributed by atoms with Crippen molar-refractivity contribution in [1.82, 2.24) is 0 Å². The molecule has 3 heteroatoms. The number of rotatable bonds is 3. The van der Waals surface area contributed by atoms with E-state index in [0.717, 1.165) is 11.1 Å². The van der Waals surface area contributed by atoms with Crippen LogP contribution in [0.4, 0.5) is 4.39 Å². The topological polar surface area (TPSA) is 32.6 Å². The molecular weight excluding hydrogens is 217 g/mol. The van der Waals surface area contributed by atoms with Crippen LogP contribution in [0.5, 0.6) is 0 Å². The van der Waals surface area contributed by atoms with Gasteiger partial charge in [-0.2, -0.15) is 0 Å². The van der Waals surface area contributed by atoms with Crippen molar-refractivity contribution in [1.29, 1.82) is 0 Å². The highest BCUT2D eigenvalue weighted by Crippen LogP contribution is 2.09. The normalized spacial score (nSPS) is 11.5. The summed E-state index contributed by atoms with van der Waals surface area (Å²) in [6.07, 6.45) is 0.401. The highest BCUT2D eigenvalue weighted by atomic mass is 19.1. The summed E-state index contributed by atoms with van der Waals surface area (Å²) in [7, 11) is 0. The second kappa shape index (κ2) is 5.25. The fourth-order valence-electron chi connectivity index (χ4n) is 1.67. The first kappa shape index (κ1) is 11.3. The number of oxime groups is 1. The molecule has 0 aliphatic carbocycles. The molecule has 86 valence electrons. The van der Waals surface area contributed by atoms with Gasteiger partial charge in [0.1, 0.15) is 5.82 Å². The summed E-state index contributed by atoms with van der Waals surface area (Å²) in [5.74, 6) is -0.284. The van der Waals surface area contributed by atoms with Crippen molar-refractivity contribution in [2.45, 2.75) is 6.42 Å². The highest BCUT2D eigenvalue weighted by Gasteiger charge is 2.05. The van der Waals surface area contributed by atoms with Gasteiger partial charge in [0, 0.05) is 6.42 Å². The number of hydrogen-bond donors (Lipinski definition) is 1. The van der Waals surface area contributed by atoms with Crippen LogP contribution in [0, 0.1) is 5.82 Å². The molecule has 2 aromatic rings. The van der Waals surface area contributed by atoms with E-state index < -0.39 is 0 Å². The molecule has 17 heavy (non-hydrogen) atoms. The quantitative estimate of drug-likeness (QED) is 0.489. The average Bonchev–Trinajstić information content (AvgIpc) is 2.37. The third-order valence-electron chi connectivity index (χ3n) is 2.49. The molecule has 0 spiro atoms. The Balaban J connectivity index is 2.23. The Bertz CT molecular complexity index is 523. The fraction of sp³-hybridized carbons (Fsp3) is 0.0714. The predicted octanol–water partition coefficient (Wildman–Crippen LogP) is 3.25. The first-order valence-corrected chi connectivity index (χ1v) is 5.30. The van der Waals surface area contributed by atoms with Gasteiger partial charge in [0.05, 0.1) is 5.71 Å². The van der Waals surface area contributed by atoms with Gasteiger partial charge in [-0.05, 0) is 23.3 Å². The standard InChI is InChI=1S/C14H12FNO/c15-13-8-4-5-11(9-13)10-14(16-17)12-6-2-1-3-7-12/h1-9,17H,10H2/b16-14+. The third kappa shape index (κ3) is 2.91. The van der Waals surface area contributed by atoms with Crippen molar-refractivity contribution in [2.24, 2.45) is 5.16 Å². The monoisotopic (exact) mass is 229 g/mol. The molecule has 2 rings (SSSR count). The smallest absolute Gasteiger partial charge is 0.123 e. The van der Waals surface area contributed by atoms with Crippen LogP contribution in [0.2, 0.25) is 0 Å². The van der Waals surface area contributed by atoms with Crippen molar-refractivity contribution < 1.29 is 9.60 Å². The van der Waals surface area contributed by atoms with E-state index >= 15 is 0 Å². The fourth-order valence-corrected chi connectivity index (χ4v) is 1.67. The van der Waals surface area contributed by atoms with Gasteiger partial charge in [0.25, 0.3) is 0 Å². The number of halogens is 1. The van der Waals surface area contributed by atoms with Gasteiger partial charge in [-0.15, -0.1) is 0 Å². The van der Waals surface area contributed by atoms with Crippen molar-refractivity contribution in [3.8, 4) is 0 Å². The lowest BCUT2D eigenvalue weighted by Gasteiger charge is -2.04. The van der Waals surface area contributed by atoms with Gasteiger partial charge < -0.3 is 5.21 Å². The lowest BCUT2D eigenvalue weighted by molar-refractivity contribution is 0.318. The van der Waals surface area contributed by atoms with E-state index in [1.807, 2.05) is 30.3 Å². The van der Waals surface area contributed by atoms with Crippen LogP contribution in [-0.4, -0.2) is 10.9 Å². The molecule has 2 aromatic carbocycles. The molecule has 0 amide bonds. The van der Waals surface area contributed by atoms with Gasteiger partial charge in [-0.3, -0.25) is 0 Å². The molecule has 0 aliphatic rings. The van der Waals surface area contributed by atoms with E-state index in [0.29, 0.717) is 12.1 Å². The second-order valence-electron chi connectivity index (χ2n) is 3.72. The number of nitrogens with zero attached hydrogens (tertiary/aromatic N) is 1. The Kier molecular flexibility index (Phi) is 3.50. The summed E-state index contributed by atoms with van der Waals surface area (Å²) in [5, 5.41) is 12.3. The van der Waals surface area contributed by atoms with E-state index in [2.05, 4.69) is 5.16 Å². The van der Waals surface area contributed by atoms with E-state index in [-0.39, 0.29) is 5.82 Å². The van der Waals surface area contributed by atoms with Gasteiger partial charge in [-0.1, -0.05) is 47.6 Å². The summed E-state index contributed by atoms with van der Waals surface area (Å²) in [5.41, 5.74) is 2.14. The van der Waals surface area contributed by atoms with Crippen molar-refractivity contribution >= 4 is 5.71 Å². The molecule has 0 bridgehead atoms. The SMILES string of the molecule is O/N=C(\Cc1cccc(F)c1)c1ccccc1. The van der Waals surface area contributed by atoms with Crippen LogP contribution in [0.3, 0.4) is 0 Å². The van der Waals surface area contributed by atoms with Gasteiger partial charge in [0.2, 0.25) is 0 Å². The van der Waals surface area contributed by atoms with Crippen LogP contribution >= 0.6 is 0 Å². The molecule has 0 saturated carbocycles. The molecule has 0 saturated heterocycles. The lowest BCUT2D eigenvalue weighted by atomic mass is 10.0. The Morgan fingerprint density at radius 2 is 1.82 bits per heavy atom. The minimum absolute atomic E-state index is 0.284. The minimum Gasteiger partial charge on any atom is -0.411 e. The Morgan fingerprint density at radius 3 is 2.47 bits per heavy atom. The number of benzene rings is 2. The van der Waals surface area contributed by atoms with Crippen LogP contribution in [0.25, 0.3) is 0 Å². The Morgan fingerprint density at radius 1 is 1.06 bits per heavy atom. The summed E-state index contributed by atoms with van der Waals surface area (Å²) in [6.45, 7) is 0. The maximum absolute atomic E-state index is 13.0. The maximum Gasteiger partial charge on any atom is 0.123 e. The highest BCUT2D eigenvalue weighted by molar-refractivity contribution is 6.01. The zero-order valence-electron chi connectivity index (χ0n) is 9.18. The number of hydrogen-bond acceptors (Lipinski definition) is 2. The summed E-state index contributed by atoms with van der Waals surface area (Å²) >= 11 is 0. The van der Waals surface area contributed by atoms with Gasteiger partial charge >= 0.3 is 0 Å². The summed E-state index contributed by atoms with van der Waals surface area (Å²) in [4.78, 5) is 0.